The van der Waals surface area contributed by atoms with Gasteiger partial charge >= 0.3 is 0 Å². The van der Waals surface area contributed by atoms with Crippen LogP contribution in [-0.4, -0.2) is 30.8 Å². The Bertz CT molecular complexity index is 824. The molecule has 0 aromatic heterocycles. The third-order valence-corrected chi connectivity index (χ3v) is 4.27. The van der Waals surface area contributed by atoms with Gasteiger partial charge in [0.05, 0.1) is 13.0 Å². The number of rotatable bonds is 8. The Morgan fingerprint density at radius 2 is 1.46 bits per heavy atom. The maximum Gasteiger partial charge on any atom is 0.243 e. The number of benzene rings is 2. The first kappa shape index (κ1) is 21.2. The summed E-state index contributed by atoms with van der Waals surface area (Å²) in [6.07, 6.45) is 0.399. The summed E-state index contributed by atoms with van der Waals surface area (Å²) in [5, 5.41) is 8.12. The molecular formula is C22H27N3O3. The van der Waals surface area contributed by atoms with E-state index in [-0.39, 0.29) is 43.7 Å². The van der Waals surface area contributed by atoms with Gasteiger partial charge in [-0.25, -0.2) is 0 Å². The number of hydrogen-bond acceptors (Lipinski definition) is 3. The first-order chi connectivity index (χ1) is 13.3. The van der Waals surface area contributed by atoms with Crippen LogP contribution in [0.1, 0.15) is 28.7 Å². The maximum absolute atomic E-state index is 12.1. The Morgan fingerprint density at radius 1 is 0.821 bits per heavy atom. The Labute approximate surface area is 165 Å². The molecule has 148 valence electrons. The van der Waals surface area contributed by atoms with Gasteiger partial charge < -0.3 is 16.0 Å². The van der Waals surface area contributed by atoms with E-state index in [0.717, 1.165) is 27.9 Å². The topological polar surface area (TPSA) is 87.3 Å². The predicted molar refractivity (Wildman–Crippen MR) is 110 cm³/mol. The fraction of sp³-hybridized carbons (Fsp3) is 0.318. The van der Waals surface area contributed by atoms with Gasteiger partial charge in [-0.05, 0) is 37.5 Å². The van der Waals surface area contributed by atoms with Crippen LogP contribution < -0.4 is 16.0 Å². The van der Waals surface area contributed by atoms with Crippen LogP contribution in [0.5, 0.6) is 0 Å². The molecule has 2 rings (SSSR count). The highest BCUT2D eigenvalue weighted by molar-refractivity contribution is 5.95. The standard InChI is InChI=1S/C22H27N3O3/c1-15-11-16(2)22(17(3)12-15)25-21(28)14-24-19(26)9-10-23-20(27)13-18-7-5-4-6-8-18/h4-8,11-12H,9-10,13-14H2,1-3H3,(H,23,27)(H,24,26)(H,25,28). The van der Waals surface area contributed by atoms with Crippen molar-refractivity contribution in [3.63, 3.8) is 0 Å². The Balaban J connectivity index is 1.68. The lowest BCUT2D eigenvalue weighted by atomic mass is 10.1. The van der Waals surface area contributed by atoms with Crippen molar-refractivity contribution >= 4 is 23.4 Å². The fourth-order valence-corrected chi connectivity index (χ4v) is 2.99. The number of aryl methyl sites for hydroxylation is 3. The average molecular weight is 381 g/mol. The molecule has 0 saturated heterocycles. The highest BCUT2D eigenvalue weighted by Gasteiger charge is 2.10. The minimum absolute atomic E-state index is 0.108. The molecule has 6 heteroatoms. The lowest BCUT2D eigenvalue weighted by Gasteiger charge is -2.13. The van der Waals surface area contributed by atoms with E-state index in [2.05, 4.69) is 16.0 Å². The summed E-state index contributed by atoms with van der Waals surface area (Å²) in [4.78, 5) is 35.8. The monoisotopic (exact) mass is 381 g/mol. The molecule has 0 fully saturated rings. The van der Waals surface area contributed by atoms with Gasteiger partial charge in [-0.3, -0.25) is 14.4 Å². The van der Waals surface area contributed by atoms with Crippen molar-refractivity contribution < 1.29 is 14.4 Å². The third kappa shape index (κ3) is 6.87. The zero-order valence-corrected chi connectivity index (χ0v) is 16.6. The third-order valence-electron chi connectivity index (χ3n) is 4.27. The minimum atomic E-state index is -0.285. The molecular weight excluding hydrogens is 354 g/mol. The van der Waals surface area contributed by atoms with Gasteiger partial charge in [0.25, 0.3) is 0 Å². The van der Waals surface area contributed by atoms with Crippen molar-refractivity contribution in [2.24, 2.45) is 0 Å². The summed E-state index contributed by atoms with van der Waals surface area (Å²) in [5.74, 6) is -0.703. The Kier molecular flexibility index (Phi) is 7.75. The number of carbonyl (C=O) groups is 3. The second-order valence-electron chi connectivity index (χ2n) is 6.86. The molecule has 6 nitrogen and oxygen atoms in total. The van der Waals surface area contributed by atoms with Crippen molar-refractivity contribution in [1.82, 2.24) is 10.6 Å². The van der Waals surface area contributed by atoms with Crippen LogP contribution in [-0.2, 0) is 20.8 Å². The zero-order valence-electron chi connectivity index (χ0n) is 16.6. The van der Waals surface area contributed by atoms with Crippen LogP contribution in [0.2, 0.25) is 0 Å². The molecule has 0 spiro atoms. The van der Waals surface area contributed by atoms with E-state index in [1.165, 1.54) is 0 Å². The summed E-state index contributed by atoms with van der Waals surface area (Å²) >= 11 is 0. The Hall–Kier alpha value is -3.15. The molecule has 3 N–H and O–H groups in total. The SMILES string of the molecule is Cc1cc(C)c(NC(=O)CNC(=O)CCNC(=O)Cc2ccccc2)c(C)c1. The van der Waals surface area contributed by atoms with E-state index in [1.807, 2.05) is 63.2 Å². The van der Waals surface area contributed by atoms with Gasteiger partial charge in [0, 0.05) is 18.7 Å². The van der Waals surface area contributed by atoms with E-state index < -0.39 is 0 Å². The number of anilines is 1. The summed E-state index contributed by atoms with van der Waals surface area (Å²) < 4.78 is 0. The molecule has 0 aliphatic carbocycles. The smallest absolute Gasteiger partial charge is 0.243 e. The molecule has 0 radical (unpaired) electrons. The summed E-state index contributed by atoms with van der Waals surface area (Å²) in [6.45, 7) is 6.00. The van der Waals surface area contributed by atoms with Crippen molar-refractivity contribution in [1.29, 1.82) is 0 Å². The van der Waals surface area contributed by atoms with Crippen LogP contribution in [0.25, 0.3) is 0 Å². The molecule has 0 bridgehead atoms. The lowest BCUT2D eigenvalue weighted by molar-refractivity contribution is -0.124. The van der Waals surface area contributed by atoms with Crippen molar-refractivity contribution in [2.45, 2.75) is 33.6 Å². The molecule has 28 heavy (non-hydrogen) atoms. The fourth-order valence-electron chi connectivity index (χ4n) is 2.99. The average Bonchev–Trinajstić information content (AvgIpc) is 2.64. The van der Waals surface area contributed by atoms with Gasteiger partial charge in [0.2, 0.25) is 17.7 Å². The van der Waals surface area contributed by atoms with Crippen LogP contribution in [0.3, 0.4) is 0 Å². The molecule has 0 heterocycles. The lowest BCUT2D eigenvalue weighted by Crippen LogP contribution is -2.35. The normalized spacial score (nSPS) is 10.2. The molecule has 3 amide bonds. The molecule has 0 aliphatic heterocycles. The van der Waals surface area contributed by atoms with Crippen LogP contribution in [0.15, 0.2) is 42.5 Å². The molecule has 2 aromatic rings. The van der Waals surface area contributed by atoms with E-state index in [0.29, 0.717) is 0 Å². The summed E-state index contributed by atoms with van der Waals surface area (Å²) in [5.41, 5.74) is 4.80. The van der Waals surface area contributed by atoms with Crippen molar-refractivity contribution in [3.05, 3.63) is 64.7 Å². The predicted octanol–water partition coefficient (Wildman–Crippen LogP) is 2.42. The van der Waals surface area contributed by atoms with E-state index >= 15 is 0 Å². The first-order valence-corrected chi connectivity index (χ1v) is 9.30. The zero-order chi connectivity index (χ0) is 20.5. The van der Waals surface area contributed by atoms with Crippen molar-refractivity contribution in [2.75, 3.05) is 18.4 Å². The quantitative estimate of drug-likeness (QED) is 0.656. The second-order valence-corrected chi connectivity index (χ2v) is 6.86. The van der Waals surface area contributed by atoms with Crippen molar-refractivity contribution in [3.8, 4) is 0 Å². The Morgan fingerprint density at radius 3 is 2.11 bits per heavy atom. The van der Waals surface area contributed by atoms with Gasteiger partial charge in [-0.2, -0.15) is 0 Å². The summed E-state index contributed by atoms with van der Waals surface area (Å²) in [6, 6.07) is 13.4. The molecule has 2 aromatic carbocycles. The number of hydrogen-bond donors (Lipinski definition) is 3. The van der Waals surface area contributed by atoms with Crippen LogP contribution in [0.4, 0.5) is 5.69 Å². The van der Waals surface area contributed by atoms with E-state index in [9.17, 15) is 14.4 Å². The second kappa shape index (κ2) is 10.3. The molecule has 0 atom stereocenters. The van der Waals surface area contributed by atoms with Gasteiger partial charge in [0.15, 0.2) is 0 Å². The molecule has 0 aliphatic rings. The van der Waals surface area contributed by atoms with Crippen LogP contribution in [0, 0.1) is 20.8 Å². The van der Waals surface area contributed by atoms with E-state index in [4.69, 9.17) is 0 Å². The largest absolute Gasteiger partial charge is 0.355 e. The first-order valence-electron chi connectivity index (χ1n) is 9.30. The number of carbonyl (C=O) groups excluding carboxylic acids is 3. The van der Waals surface area contributed by atoms with Gasteiger partial charge in [0.1, 0.15) is 0 Å². The summed E-state index contributed by atoms with van der Waals surface area (Å²) in [7, 11) is 0. The van der Waals surface area contributed by atoms with Crippen LogP contribution >= 0.6 is 0 Å². The maximum atomic E-state index is 12.1. The molecule has 0 saturated carbocycles. The minimum Gasteiger partial charge on any atom is -0.355 e. The van der Waals surface area contributed by atoms with Gasteiger partial charge in [-0.15, -0.1) is 0 Å². The van der Waals surface area contributed by atoms with Gasteiger partial charge in [-0.1, -0.05) is 48.0 Å². The molecule has 0 unspecified atom stereocenters. The number of amides is 3. The highest BCUT2D eigenvalue weighted by atomic mass is 16.2. The highest BCUT2D eigenvalue weighted by Crippen LogP contribution is 2.21. The van der Waals surface area contributed by atoms with E-state index in [1.54, 1.807) is 0 Å². The number of nitrogens with one attached hydrogen (secondary N) is 3.